The summed E-state index contributed by atoms with van der Waals surface area (Å²) in [7, 11) is 0. The molecule has 1 heterocycles. The van der Waals surface area contributed by atoms with Gasteiger partial charge >= 0.3 is 5.97 Å². The number of nitrogens with one attached hydrogen (secondary N) is 1. The molecular formula is C13H13NO3S. The third-order valence-electron chi connectivity index (χ3n) is 2.39. The highest BCUT2D eigenvalue weighted by molar-refractivity contribution is 8.00. The lowest BCUT2D eigenvalue weighted by molar-refractivity contribution is -0.113. The van der Waals surface area contributed by atoms with Crippen molar-refractivity contribution in [2.75, 3.05) is 17.7 Å². The van der Waals surface area contributed by atoms with E-state index in [4.69, 9.17) is 4.74 Å². The number of carbonyl (C=O) groups is 2. The molecule has 0 atom stereocenters. The van der Waals surface area contributed by atoms with Gasteiger partial charge in [-0.2, -0.15) is 0 Å². The number of allylic oxidation sites excluding steroid dienone is 1. The Morgan fingerprint density at radius 3 is 3.17 bits per heavy atom. The average molecular weight is 263 g/mol. The maximum Gasteiger partial charge on any atom is 0.338 e. The standard InChI is InChI=1S/C13H13NO3S/c1-2-3-6-17-13(16)9-4-5-11-10(7-9)14-12(15)8-18-11/h2-5,7H,6,8H2,1H3,(H,14,15)/b3-2+. The van der Waals surface area contributed by atoms with Crippen LogP contribution in [0.1, 0.15) is 17.3 Å². The molecule has 0 saturated heterocycles. The molecule has 1 aromatic rings. The molecule has 0 unspecified atom stereocenters. The van der Waals surface area contributed by atoms with Crippen LogP contribution in [0.4, 0.5) is 5.69 Å². The van der Waals surface area contributed by atoms with Crippen LogP contribution >= 0.6 is 11.8 Å². The van der Waals surface area contributed by atoms with Crippen molar-refractivity contribution < 1.29 is 14.3 Å². The summed E-state index contributed by atoms with van der Waals surface area (Å²) in [5, 5.41) is 2.74. The third kappa shape index (κ3) is 2.92. The number of fused-ring (bicyclic) bond motifs is 1. The Morgan fingerprint density at radius 1 is 1.56 bits per heavy atom. The monoisotopic (exact) mass is 263 g/mol. The van der Waals surface area contributed by atoms with Crippen LogP contribution in [-0.4, -0.2) is 24.2 Å². The van der Waals surface area contributed by atoms with Crippen molar-refractivity contribution in [3.8, 4) is 0 Å². The van der Waals surface area contributed by atoms with Crippen LogP contribution in [0.5, 0.6) is 0 Å². The number of anilines is 1. The summed E-state index contributed by atoms with van der Waals surface area (Å²) in [6, 6.07) is 5.18. The molecule has 1 aromatic carbocycles. The van der Waals surface area contributed by atoms with Crippen LogP contribution in [0, 0.1) is 0 Å². The summed E-state index contributed by atoms with van der Waals surface area (Å²) in [4.78, 5) is 23.9. The van der Waals surface area contributed by atoms with Gasteiger partial charge in [-0.05, 0) is 25.1 Å². The molecule has 0 radical (unpaired) electrons. The molecule has 0 saturated carbocycles. The summed E-state index contributed by atoms with van der Waals surface area (Å²) in [6.45, 7) is 2.12. The number of benzene rings is 1. The van der Waals surface area contributed by atoms with Gasteiger partial charge in [0.1, 0.15) is 6.61 Å². The number of rotatable bonds is 3. The number of carbonyl (C=O) groups excluding carboxylic acids is 2. The van der Waals surface area contributed by atoms with Crippen LogP contribution in [0.15, 0.2) is 35.2 Å². The minimum atomic E-state index is -0.388. The molecule has 18 heavy (non-hydrogen) atoms. The first kappa shape index (κ1) is 12.7. The summed E-state index contributed by atoms with van der Waals surface area (Å²) in [5.74, 6) is -0.0226. The number of ether oxygens (including phenoxy) is 1. The minimum Gasteiger partial charge on any atom is -0.458 e. The van der Waals surface area contributed by atoms with E-state index in [9.17, 15) is 9.59 Å². The quantitative estimate of drug-likeness (QED) is 0.672. The highest BCUT2D eigenvalue weighted by Gasteiger charge is 2.17. The maximum atomic E-state index is 11.7. The van der Waals surface area contributed by atoms with Crippen LogP contribution in [-0.2, 0) is 9.53 Å². The van der Waals surface area contributed by atoms with Crippen molar-refractivity contribution in [3.63, 3.8) is 0 Å². The smallest absolute Gasteiger partial charge is 0.338 e. The van der Waals surface area contributed by atoms with E-state index in [1.54, 1.807) is 18.2 Å². The SMILES string of the molecule is C/C=C/COC(=O)c1ccc2c(c1)NC(=O)CS2. The van der Waals surface area contributed by atoms with Crippen molar-refractivity contribution in [3.05, 3.63) is 35.9 Å². The van der Waals surface area contributed by atoms with E-state index in [1.165, 1.54) is 11.8 Å². The van der Waals surface area contributed by atoms with Gasteiger partial charge in [0, 0.05) is 4.90 Å². The molecular weight excluding hydrogens is 250 g/mol. The molecule has 2 rings (SSSR count). The van der Waals surface area contributed by atoms with Crippen LogP contribution in [0.2, 0.25) is 0 Å². The van der Waals surface area contributed by atoms with Gasteiger partial charge in [-0.3, -0.25) is 4.79 Å². The van der Waals surface area contributed by atoms with Gasteiger partial charge in [-0.25, -0.2) is 4.79 Å². The molecule has 0 spiro atoms. The van der Waals surface area contributed by atoms with E-state index >= 15 is 0 Å². The zero-order chi connectivity index (χ0) is 13.0. The number of hydrogen-bond acceptors (Lipinski definition) is 4. The predicted octanol–water partition coefficient (Wildman–Crippen LogP) is 2.46. The fraction of sp³-hybridized carbons (Fsp3) is 0.231. The highest BCUT2D eigenvalue weighted by atomic mass is 32.2. The summed E-state index contributed by atoms with van der Waals surface area (Å²) in [6.07, 6.45) is 3.57. The predicted molar refractivity (Wildman–Crippen MR) is 70.9 cm³/mol. The first-order chi connectivity index (χ1) is 8.70. The molecule has 1 amide bonds. The Hall–Kier alpha value is -1.75. The summed E-state index contributed by atoms with van der Waals surface area (Å²) < 4.78 is 5.04. The number of thioether (sulfide) groups is 1. The molecule has 0 fully saturated rings. The van der Waals surface area contributed by atoms with E-state index < -0.39 is 0 Å². The van der Waals surface area contributed by atoms with Crippen molar-refractivity contribution in [2.45, 2.75) is 11.8 Å². The lowest BCUT2D eigenvalue weighted by Gasteiger charge is -2.16. The topological polar surface area (TPSA) is 55.4 Å². The molecule has 1 N–H and O–H groups in total. The van der Waals surface area contributed by atoms with Crippen LogP contribution in [0.25, 0.3) is 0 Å². The van der Waals surface area contributed by atoms with E-state index in [2.05, 4.69) is 5.32 Å². The third-order valence-corrected chi connectivity index (χ3v) is 3.47. The van der Waals surface area contributed by atoms with Crippen molar-refractivity contribution >= 4 is 29.3 Å². The minimum absolute atomic E-state index is 0.0491. The normalized spacial score (nSPS) is 14.2. The van der Waals surface area contributed by atoms with E-state index in [0.717, 1.165) is 4.90 Å². The molecule has 0 bridgehead atoms. The molecule has 5 heteroatoms. The fourth-order valence-corrected chi connectivity index (χ4v) is 2.30. The van der Waals surface area contributed by atoms with E-state index in [-0.39, 0.29) is 18.5 Å². The van der Waals surface area contributed by atoms with Crippen LogP contribution in [0.3, 0.4) is 0 Å². The van der Waals surface area contributed by atoms with Crippen LogP contribution < -0.4 is 5.32 Å². The Morgan fingerprint density at radius 2 is 2.39 bits per heavy atom. The summed E-state index contributed by atoms with van der Waals surface area (Å²) in [5.41, 5.74) is 1.12. The molecule has 0 aliphatic carbocycles. The molecule has 0 aromatic heterocycles. The first-order valence-corrected chi connectivity index (χ1v) is 6.54. The van der Waals surface area contributed by atoms with Gasteiger partial charge in [0.15, 0.2) is 0 Å². The zero-order valence-electron chi connectivity index (χ0n) is 9.93. The molecule has 1 aliphatic heterocycles. The number of esters is 1. The van der Waals surface area contributed by atoms with Gasteiger partial charge in [0.25, 0.3) is 0 Å². The van der Waals surface area contributed by atoms with Gasteiger partial charge in [0.2, 0.25) is 5.91 Å². The second-order valence-electron chi connectivity index (χ2n) is 3.72. The van der Waals surface area contributed by atoms with Crippen molar-refractivity contribution in [2.24, 2.45) is 0 Å². The van der Waals surface area contributed by atoms with Gasteiger partial charge < -0.3 is 10.1 Å². The molecule has 94 valence electrons. The second-order valence-corrected chi connectivity index (χ2v) is 4.73. The Kier molecular flexibility index (Phi) is 4.04. The maximum absolute atomic E-state index is 11.7. The van der Waals surface area contributed by atoms with Gasteiger partial charge in [-0.1, -0.05) is 12.2 Å². The summed E-state index contributed by atoms with van der Waals surface area (Å²) >= 11 is 1.46. The highest BCUT2D eigenvalue weighted by Crippen LogP contribution is 2.32. The average Bonchev–Trinajstić information content (AvgIpc) is 2.38. The lowest BCUT2D eigenvalue weighted by Crippen LogP contribution is -2.19. The van der Waals surface area contributed by atoms with E-state index in [0.29, 0.717) is 17.0 Å². The Bertz CT molecular complexity index is 511. The van der Waals surface area contributed by atoms with Gasteiger partial charge in [0.05, 0.1) is 17.0 Å². The lowest BCUT2D eigenvalue weighted by atomic mass is 10.2. The second kappa shape index (κ2) is 5.73. The van der Waals surface area contributed by atoms with Crippen molar-refractivity contribution in [1.82, 2.24) is 0 Å². The number of hydrogen-bond donors (Lipinski definition) is 1. The molecule has 1 aliphatic rings. The van der Waals surface area contributed by atoms with Crippen molar-refractivity contribution in [1.29, 1.82) is 0 Å². The van der Waals surface area contributed by atoms with E-state index in [1.807, 2.05) is 19.1 Å². The largest absolute Gasteiger partial charge is 0.458 e. The Labute approximate surface area is 109 Å². The Balaban J connectivity index is 2.12. The first-order valence-electron chi connectivity index (χ1n) is 5.55. The zero-order valence-corrected chi connectivity index (χ0v) is 10.8. The van der Waals surface area contributed by atoms with Gasteiger partial charge in [-0.15, -0.1) is 11.8 Å². The number of amides is 1. The fourth-order valence-electron chi connectivity index (χ4n) is 1.51. The molecule has 4 nitrogen and oxygen atoms in total.